The maximum Gasteiger partial charge on any atom is 0.246 e. The number of hydrogen-bond acceptors (Lipinski definition) is 21. The first-order valence-corrected chi connectivity index (χ1v) is 40.6. The molecule has 660 valence electrons. The predicted molar refractivity (Wildman–Crippen MR) is 457 cm³/mol. The molecule has 4 aromatic carbocycles. The van der Waals surface area contributed by atoms with Gasteiger partial charge < -0.3 is 108 Å². The van der Waals surface area contributed by atoms with Crippen molar-refractivity contribution in [2.75, 3.05) is 19.6 Å². The summed E-state index contributed by atoms with van der Waals surface area (Å²) in [5, 5.41) is 46.6. The number of nitrogens with one attached hydrogen (secondary N) is 14. The van der Waals surface area contributed by atoms with E-state index in [0.29, 0.717) is 28.5 Å². The van der Waals surface area contributed by atoms with E-state index >= 15 is 28.8 Å². The molecule has 5 rings (SSSR count). The molecular weight excluding hydrogens is 1650 g/mol. The van der Waals surface area contributed by atoms with Crippen LogP contribution in [-0.4, -0.2) is 212 Å². The van der Waals surface area contributed by atoms with Crippen LogP contribution >= 0.6 is 48.5 Å². The number of halogens is 2. The van der Waals surface area contributed by atoms with Crippen LogP contribution in [0, 0.1) is 0 Å². The number of rotatable bonds is 50. The molecule has 1 heterocycles. The van der Waals surface area contributed by atoms with Crippen molar-refractivity contribution < 1.29 is 86.6 Å². The molecule has 25 N–H and O–H groups in total. The summed E-state index contributed by atoms with van der Waals surface area (Å²) in [4.78, 5) is 238. The normalized spacial score (nSPS) is 14.7. The number of aromatic amines is 1. The maximum atomic E-state index is 15.6. The van der Waals surface area contributed by atoms with E-state index < -0.39 is 221 Å². The molecule has 0 aliphatic rings. The molecule has 121 heavy (non-hydrogen) atoms. The van der Waals surface area contributed by atoms with Gasteiger partial charge >= 0.3 is 0 Å². The highest BCUT2D eigenvalue weighted by atomic mass is 35.5. The number of carbonyl (C=O) groups is 17. The van der Waals surface area contributed by atoms with Gasteiger partial charge in [0.05, 0.1) is 29.1 Å². The smallest absolute Gasteiger partial charge is 0.246 e. The SMILES string of the molecule is CC(=O)NCCCC[C@H](NC(=O)[C@](C)(CCCCN)NC(=O)[C@H](Cc1ccc2ccccc2c1)NC(=O)[C@H](Cc1ccc(Cl)c(Cl)c1)NC(=O)[C@@H](NC(=O)[C@H](CCC(N)=O)NC(=O)[C@H](Cc1c[nH]c2ccccc12)NC(=O)[C@@H](NC(=O)[C@H](CCC(N)=O)NC(=O)[C@@H](NC(C)=O)C(C)(C)S)[C@@H](C)O)C(C)(C)S)C(=O)N[C@@H](CC(N)=O)C(=O)NCC(N)=O. The Bertz CT molecular complexity index is 4600. The molecule has 0 aliphatic carbocycles. The number of fused-ring (bicyclic) bond motifs is 2. The third-order valence-electron chi connectivity index (χ3n) is 19.4. The predicted octanol–water partition coefficient (Wildman–Crippen LogP) is -1.36. The summed E-state index contributed by atoms with van der Waals surface area (Å²) in [6.07, 6.45) is -3.55. The van der Waals surface area contributed by atoms with E-state index in [-0.39, 0.29) is 79.6 Å². The van der Waals surface area contributed by atoms with E-state index in [1.807, 2.05) is 12.1 Å². The second kappa shape index (κ2) is 47.2. The molecule has 37 nitrogen and oxygen atoms in total. The van der Waals surface area contributed by atoms with Gasteiger partial charge in [0.15, 0.2) is 0 Å². The number of thiol groups is 2. The van der Waals surface area contributed by atoms with Crippen LogP contribution in [0.15, 0.2) is 91.1 Å². The van der Waals surface area contributed by atoms with Crippen molar-refractivity contribution in [2.45, 2.75) is 227 Å². The van der Waals surface area contributed by atoms with Crippen molar-refractivity contribution in [3.8, 4) is 0 Å². The fraction of sp³-hybridized carbons (Fsp3) is 0.487. The minimum absolute atomic E-state index is 0.0213. The van der Waals surface area contributed by atoms with E-state index in [9.17, 15) is 57.8 Å². The number of aromatic nitrogens is 1. The summed E-state index contributed by atoms with van der Waals surface area (Å²) in [6, 6.07) is 6.70. The van der Waals surface area contributed by atoms with Gasteiger partial charge in [0, 0.05) is 79.1 Å². The van der Waals surface area contributed by atoms with Crippen LogP contribution in [0.2, 0.25) is 10.0 Å². The number of para-hydroxylation sites is 1. The lowest BCUT2D eigenvalue weighted by Crippen LogP contribution is -2.65. The Kier molecular flexibility index (Phi) is 39.2. The fourth-order valence-corrected chi connectivity index (χ4v) is 13.5. The lowest BCUT2D eigenvalue weighted by atomic mass is 9.91. The number of amides is 17. The minimum atomic E-state index is -1.99. The molecule has 17 amide bonds. The molecule has 0 saturated heterocycles. The van der Waals surface area contributed by atoms with Crippen molar-refractivity contribution in [3.05, 3.63) is 118 Å². The molecule has 5 aromatic rings. The zero-order valence-corrected chi connectivity index (χ0v) is 71.8. The summed E-state index contributed by atoms with van der Waals surface area (Å²) in [6.45, 7) is 10.4. The van der Waals surface area contributed by atoms with Crippen LogP contribution in [0.4, 0.5) is 0 Å². The number of H-pyrrole nitrogens is 1. The topological polar surface area (TPSA) is 613 Å². The highest BCUT2D eigenvalue weighted by molar-refractivity contribution is 7.82. The van der Waals surface area contributed by atoms with Gasteiger partial charge in [-0.2, -0.15) is 25.3 Å². The molecule has 12 atom stereocenters. The number of aliphatic hydroxyl groups is 1. The van der Waals surface area contributed by atoms with Crippen LogP contribution in [0.5, 0.6) is 0 Å². The fourth-order valence-electron chi connectivity index (χ4n) is 12.8. The third-order valence-corrected chi connectivity index (χ3v) is 20.6. The zero-order valence-electron chi connectivity index (χ0n) is 68.5. The third kappa shape index (κ3) is 33.1. The minimum Gasteiger partial charge on any atom is -0.391 e. The number of primary amides is 4. The van der Waals surface area contributed by atoms with Gasteiger partial charge in [0.1, 0.15) is 66.0 Å². The summed E-state index contributed by atoms with van der Waals surface area (Å²) in [7, 11) is 0. The van der Waals surface area contributed by atoms with Gasteiger partial charge in [-0.25, -0.2) is 0 Å². The quantitative estimate of drug-likeness (QED) is 0.0158. The highest BCUT2D eigenvalue weighted by Crippen LogP contribution is 2.27. The summed E-state index contributed by atoms with van der Waals surface area (Å²) in [5.41, 5.74) is 27.5. The van der Waals surface area contributed by atoms with Crippen LogP contribution < -0.4 is 97.8 Å². The molecule has 0 aliphatic heterocycles. The van der Waals surface area contributed by atoms with Crippen molar-refractivity contribution in [1.82, 2.24) is 74.1 Å². The number of aliphatic hydroxyl groups excluding tert-OH is 1. The molecular formula is C80H111Cl2N19O18S2. The van der Waals surface area contributed by atoms with E-state index in [2.05, 4.69) is 86.7 Å². The van der Waals surface area contributed by atoms with Gasteiger partial charge in [-0.3, -0.25) is 81.5 Å². The van der Waals surface area contributed by atoms with Crippen LogP contribution in [0.25, 0.3) is 21.7 Å². The van der Waals surface area contributed by atoms with Crippen molar-refractivity contribution in [2.24, 2.45) is 28.7 Å². The molecule has 0 saturated carbocycles. The molecule has 41 heteroatoms. The summed E-state index contributed by atoms with van der Waals surface area (Å²) in [5.74, 6) is -16.5. The average molecular weight is 1760 g/mol. The van der Waals surface area contributed by atoms with Crippen LogP contribution in [0.3, 0.4) is 0 Å². The molecule has 1 aromatic heterocycles. The first-order chi connectivity index (χ1) is 56.7. The second-order valence-corrected chi connectivity index (χ2v) is 33.9. The Hall–Kier alpha value is -11.1. The van der Waals surface area contributed by atoms with E-state index in [4.69, 9.17) is 64.5 Å². The number of benzene rings is 4. The largest absolute Gasteiger partial charge is 0.391 e. The number of hydrogen-bond donors (Lipinski definition) is 22. The first kappa shape index (κ1) is 100. The lowest BCUT2D eigenvalue weighted by molar-refractivity contribution is -0.138. The van der Waals surface area contributed by atoms with Gasteiger partial charge in [0.2, 0.25) is 100 Å². The van der Waals surface area contributed by atoms with E-state index in [1.54, 1.807) is 54.6 Å². The van der Waals surface area contributed by atoms with Gasteiger partial charge in [-0.05, 0) is 145 Å². The highest BCUT2D eigenvalue weighted by Gasteiger charge is 2.44. The van der Waals surface area contributed by atoms with Gasteiger partial charge in [-0.1, -0.05) is 89.9 Å². The average Bonchev–Trinajstić information content (AvgIpc) is 1.80. The molecule has 0 bridgehead atoms. The molecule has 0 spiro atoms. The Morgan fingerprint density at radius 1 is 0.463 bits per heavy atom. The van der Waals surface area contributed by atoms with Crippen molar-refractivity contribution in [1.29, 1.82) is 0 Å². The van der Waals surface area contributed by atoms with E-state index in [0.717, 1.165) is 24.6 Å². The van der Waals surface area contributed by atoms with Gasteiger partial charge in [0.25, 0.3) is 0 Å². The second-order valence-electron chi connectivity index (χ2n) is 30.8. The Morgan fingerprint density at radius 2 is 0.959 bits per heavy atom. The number of carbonyl (C=O) groups excluding carboxylic acids is 17. The first-order valence-electron chi connectivity index (χ1n) is 39.0. The number of nitrogens with two attached hydrogens (primary N) is 5. The summed E-state index contributed by atoms with van der Waals surface area (Å²) < 4.78 is -2.86. The monoisotopic (exact) mass is 1760 g/mol. The molecule has 0 radical (unpaired) electrons. The summed E-state index contributed by atoms with van der Waals surface area (Å²) >= 11 is 22.1. The van der Waals surface area contributed by atoms with Crippen LogP contribution in [-0.2, 0) is 101 Å². The zero-order chi connectivity index (χ0) is 90.4. The van der Waals surface area contributed by atoms with Crippen LogP contribution in [0.1, 0.15) is 143 Å². The van der Waals surface area contributed by atoms with Crippen molar-refractivity contribution in [3.63, 3.8) is 0 Å². The number of unbranched alkanes of at least 4 members (excludes halogenated alkanes) is 2. The Balaban J connectivity index is 1.56. The lowest BCUT2D eigenvalue weighted by Gasteiger charge is -2.34. The molecule has 0 fully saturated rings. The Labute approximate surface area is 720 Å². The van der Waals surface area contributed by atoms with Gasteiger partial charge in [-0.15, -0.1) is 0 Å². The maximum absolute atomic E-state index is 15.6. The van der Waals surface area contributed by atoms with Crippen molar-refractivity contribution >= 4 is 171 Å². The molecule has 0 unspecified atom stereocenters. The Morgan fingerprint density at radius 3 is 1.52 bits per heavy atom. The standard InChI is InChI=1S/C80H111Cl2N19O18S2/c1-41(102)64(99-69(111)54(26-28-60(84)105)93-75(117)65(78(4,5)120)91-43(3)104)74(116)96-58(37-48-39-89-52-20-12-11-19-49(48)52)72(114)92-55(27-29-61(85)106)70(112)100-66(79(6,7)121)76(118)97-56(36-45-23-25-50(81)51(82)34-45)71(113)94-57(35-44-22-24-46-17-9-10-18-47(46)33-44)73(115)101-80(8,30-14-15-31-83)77(119)98-53(21-13-16-32-88-42(2)103)68(110)95-59(38-62(86)107)67(109)90-40-63(87)108/h9-12,17-20,22-25,33-34,39,41,53-59,64-66,89,102,120-121H,13-16,21,26-32,35-38,40,83H2,1-8H3,(H2,84,105)(H2,85,106)(H2,86,107)(H2,87,108)(H,88,103)(H,90,109)(H,91,104)(H,92,114)(H,93,117)(H,94,113)(H,95,110)(H,96,116)(H,97,118)(H,98,119)(H,99,111)(H,100,112)(H,101,115)/t41-,53+,54+,55+,56+,57+,58+,59+,64+,65-,66-,80+/m1/s1. The van der Waals surface area contributed by atoms with E-state index in [1.165, 1.54) is 65.9 Å².